The van der Waals surface area contributed by atoms with E-state index in [1.165, 1.54) is 21.9 Å². The molecule has 1 aliphatic rings. The van der Waals surface area contributed by atoms with Crippen LogP contribution in [0.15, 0.2) is 36.4 Å². The monoisotopic (exact) mass is 212 g/mol. The molecule has 0 aromatic heterocycles. The van der Waals surface area contributed by atoms with Gasteiger partial charge in [0, 0.05) is 0 Å². The predicted molar refractivity (Wildman–Crippen MR) is 62.6 cm³/mol. The lowest BCUT2D eigenvalue weighted by Gasteiger charge is -2.07. The van der Waals surface area contributed by atoms with Gasteiger partial charge in [-0.05, 0) is 34.2 Å². The second-order valence-corrected chi connectivity index (χ2v) is 4.36. The minimum Gasteiger partial charge on any atom is -0.481 e. The van der Waals surface area contributed by atoms with E-state index in [0.29, 0.717) is 0 Å². The first kappa shape index (κ1) is 9.40. The molecule has 0 saturated carbocycles. The molecule has 0 spiro atoms. The molecule has 2 aromatic carbocycles. The summed E-state index contributed by atoms with van der Waals surface area (Å²) in [5.41, 5.74) is 2.50. The molecule has 0 amide bonds. The maximum atomic E-state index is 10.8. The summed E-state index contributed by atoms with van der Waals surface area (Å²) in [6.07, 6.45) is 1.09. The maximum Gasteiger partial charge on any atom is 0.303 e. The van der Waals surface area contributed by atoms with Gasteiger partial charge in [-0.1, -0.05) is 36.4 Å². The van der Waals surface area contributed by atoms with Crippen molar-refractivity contribution in [2.75, 3.05) is 0 Å². The van der Waals surface area contributed by atoms with Crippen molar-refractivity contribution < 1.29 is 9.90 Å². The fourth-order valence-electron chi connectivity index (χ4n) is 2.73. The third-order valence-electron chi connectivity index (χ3n) is 3.35. The molecule has 2 aromatic rings. The molecule has 0 heterocycles. The number of benzene rings is 2. The largest absolute Gasteiger partial charge is 0.481 e. The average Bonchev–Trinajstić information content (AvgIpc) is 2.59. The lowest BCUT2D eigenvalue weighted by Crippen LogP contribution is -2.04. The number of carbonyl (C=O) groups is 1. The van der Waals surface area contributed by atoms with Crippen LogP contribution in [-0.2, 0) is 11.2 Å². The molecule has 0 bridgehead atoms. The lowest BCUT2D eigenvalue weighted by molar-refractivity contribution is -0.137. The van der Waals surface area contributed by atoms with Gasteiger partial charge in [-0.25, -0.2) is 0 Å². The van der Waals surface area contributed by atoms with Crippen molar-refractivity contribution in [3.8, 4) is 0 Å². The van der Waals surface area contributed by atoms with Gasteiger partial charge in [0.15, 0.2) is 0 Å². The fraction of sp³-hybridized carbons (Fsp3) is 0.214. The molecule has 0 fully saturated rings. The SMILES string of the molecule is O=C(O)C[C@@H]1Cc2cccc3cccc1c23. The molecule has 1 atom stereocenters. The van der Waals surface area contributed by atoms with Gasteiger partial charge in [-0.15, -0.1) is 0 Å². The summed E-state index contributed by atoms with van der Waals surface area (Å²) in [4.78, 5) is 10.8. The average molecular weight is 212 g/mol. The Labute approximate surface area is 93.5 Å². The number of carboxylic acid groups (broad SMARTS) is 1. The molecule has 16 heavy (non-hydrogen) atoms. The Hall–Kier alpha value is -1.83. The van der Waals surface area contributed by atoms with E-state index in [0.717, 1.165) is 6.42 Å². The normalized spacial score (nSPS) is 17.9. The smallest absolute Gasteiger partial charge is 0.303 e. The second kappa shape index (κ2) is 3.34. The van der Waals surface area contributed by atoms with Crippen LogP contribution in [0.5, 0.6) is 0 Å². The summed E-state index contributed by atoms with van der Waals surface area (Å²) in [6.45, 7) is 0. The quantitative estimate of drug-likeness (QED) is 0.831. The summed E-state index contributed by atoms with van der Waals surface area (Å²) in [6, 6.07) is 12.4. The third-order valence-corrected chi connectivity index (χ3v) is 3.35. The van der Waals surface area contributed by atoms with Crippen molar-refractivity contribution in [2.45, 2.75) is 18.8 Å². The Bertz CT molecular complexity index is 567. The van der Waals surface area contributed by atoms with Crippen LogP contribution in [0.1, 0.15) is 23.5 Å². The molecular weight excluding hydrogens is 200 g/mol. The highest BCUT2D eigenvalue weighted by Crippen LogP contribution is 2.39. The van der Waals surface area contributed by atoms with Gasteiger partial charge in [0.05, 0.1) is 6.42 Å². The zero-order chi connectivity index (χ0) is 11.1. The molecule has 0 radical (unpaired) electrons. The summed E-state index contributed by atoms with van der Waals surface area (Å²) >= 11 is 0. The third kappa shape index (κ3) is 1.30. The first-order valence-electron chi connectivity index (χ1n) is 5.48. The molecule has 1 N–H and O–H groups in total. The van der Waals surface area contributed by atoms with E-state index in [1.807, 2.05) is 12.1 Å². The number of aliphatic carboxylic acids is 1. The van der Waals surface area contributed by atoms with Crippen LogP contribution in [0.2, 0.25) is 0 Å². The van der Waals surface area contributed by atoms with Crippen molar-refractivity contribution in [3.63, 3.8) is 0 Å². The van der Waals surface area contributed by atoms with Crippen LogP contribution in [0, 0.1) is 0 Å². The van der Waals surface area contributed by atoms with E-state index < -0.39 is 5.97 Å². The zero-order valence-corrected chi connectivity index (χ0v) is 8.81. The molecule has 80 valence electrons. The Morgan fingerprint density at radius 1 is 1.25 bits per heavy atom. The standard InChI is InChI=1S/C14H12O2/c15-13(16)8-11-7-10-5-1-3-9-4-2-6-12(11)14(9)10/h1-6,11H,7-8H2,(H,15,16)/t11-/m0/s1. The Balaban J connectivity index is 2.17. The highest BCUT2D eigenvalue weighted by Gasteiger charge is 2.25. The molecule has 1 aliphatic carbocycles. The molecule has 2 heteroatoms. The topological polar surface area (TPSA) is 37.3 Å². The van der Waals surface area contributed by atoms with E-state index in [9.17, 15) is 4.79 Å². The van der Waals surface area contributed by atoms with Gasteiger partial charge in [-0.2, -0.15) is 0 Å². The summed E-state index contributed by atoms with van der Waals surface area (Å²) in [5.74, 6) is -0.562. The van der Waals surface area contributed by atoms with Crippen LogP contribution >= 0.6 is 0 Å². The van der Waals surface area contributed by atoms with Gasteiger partial charge in [-0.3, -0.25) is 4.79 Å². The van der Waals surface area contributed by atoms with Gasteiger partial charge < -0.3 is 5.11 Å². The Kier molecular flexibility index (Phi) is 1.96. The maximum absolute atomic E-state index is 10.8. The first-order valence-corrected chi connectivity index (χ1v) is 5.48. The molecule has 2 nitrogen and oxygen atoms in total. The molecule has 0 saturated heterocycles. The van der Waals surface area contributed by atoms with Crippen LogP contribution in [0.25, 0.3) is 10.8 Å². The van der Waals surface area contributed by atoms with Crippen LogP contribution in [0.4, 0.5) is 0 Å². The molecular formula is C14H12O2. The summed E-state index contributed by atoms with van der Waals surface area (Å²) in [5, 5.41) is 11.4. The summed E-state index contributed by atoms with van der Waals surface area (Å²) in [7, 11) is 0. The summed E-state index contributed by atoms with van der Waals surface area (Å²) < 4.78 is 0. The van der Waals surface area contributed by atoms with Crippen LogP contribution in [-0.4, -0.2) is 11.1 Å². The van der Waals surface area contributed by atoms with Crippen molar-refractivity contribution >= 4 is 16.7 Å². The van der Waals surface area contributed by atoms with Gasteiger partial charge >= 0.3 is 5.97 Å². The minimum absolute atomic E-state index is 0.151. The fourth-order valence-corrected chi connectivity index (χ4v) is 2.73. The lowest BCUT2D eigenvalue weighted by atomic mass is 9.97. The minimum atomic E-state index is -0.713. The highest BCUT2D eigenvalue weighted by molar-refractivity contribution is 5.92. The number of hydrogen-bond donors (Lipinski definition) is 1. The first-order chi connectivity index (χ1) is 7.75. The van der Waals surface area contributed by atoms with Gasteiger partial charge in [0.1, 0.15) is 0 Å². The van der Waals surface area contributed by atoms with Gasteiger partial charge in [0.2, 0.25) is 0 Å². The Morgan fingerprint density at radius 3 is 2.75 bits per heavy atom. The molecule has 3 rings (SSSR count). The number of rotatable bonds is 2. The van der Waals surface area contributed by atoms with Crippen molar-refractivity contribution in [1.29, 1.82) is 0 Å². The predicted octanol–water partition coefficient (Wildman–Crippen LogP) is 2.95. The van der Waals surface area contributed by atoms with E-state index >= 15 is 0 Å². The number of carboxylic acids is 1. The molecule has 0 unspecified atom stereocenters. The van der Waals surface area contributed by atoms with Crippen molar-refractivity contribution in [1.82, 2.24) is 0 Å². The van der Waals surface area contributed by atoms with Crippen molar-refractivity contribution in [3.05, 3.63) is 47.5 Å². The van der Waals surface area contributed by atoms with E-state index in [4.69, 9.17) is 5.11 Å². The van der Waals surface area contributed by atoms with E-state index in [-0.39, 0.29) is 12.3 Å². The van der Waals surface area contributed by atoms with Crippen LogP contribution < -0.4 is 0 Å². The van der Waals surface area contributed by atoms with E-state index in [1.54, 1.807) is 0 Å². The zero-order valence-electron chi connectivity index (χ0n) is 8.81. The van der Waals surface area contributed by atoms with Crippen LogP contribution in [0.3, 0.4) is 0 Å². The second-order valence-electron chi connectivity index (χ2n) is 4.36. The number of hydrogen-bond acceptors (Lipinski definition) is 1. The molecule has 0 aliphatic heterocycles. The Morgan fingerprint density at radius 2 is 2.00 bits per heavy atom. The van der Waals surface area contributed by atoms with Gasteiger partial charge in [0.25, 0.3) is 0 Å². The van der Waals surface area contributed by atoms with Crippen molar-refractivity contribution in [2.24, 2.45) is 0 Å². The van der Waals surface area contributed by atoms with E-state index in [2.05, 4.69) is 24.3 Å². The highest BCUT2D eigenvalue weighted by atomic mass is 16.4.